The highest BCUT2D eigenvalue weighted by atomic mass is 16.5. The largest absolute Gasteiger partial charge is 0.494 e. The lowest BCUT2D eigenvalue weighted by atomic mass is 10.1. The van der Waals surface area contributed by atoms with Crippen LogP contribution >= 0.6 is 0 Å². The molecule has 0 N–H and O–H groups in total. The molecule has 0 aliphatic heterocycles. The maximum atomic E-state index is 5.52. The summed E-state index contributed by atoms with van der Waals surface area (Å²) in [5, 5.41) is 0. The van der Waals surface area contributed by atoms with Gasteiger partial charge in [-0.15, -0.1) is 0 Å². The molecule has 0 amide bonds. The van der Waals surface area contributed by atoms with Gasteiger partial charge in [-0.25, -0.2) is 0 Å². The van der Waals surface area contributed by atoms with E-state index in [2.05, 4.69) is 18.0 Å². The van der Waals surface area contributed by atoms with E-state index < -0.39 is 0 Å². The van der Waals surface area contributed by atoms with Crippen LogP contribution in [0.2, 0.25) is 0 Å². The molecule has 16 heavy (non-hydrogen) atoms. The summed E-state index contributed by atoms with van der Waals surface area (Å²) in [5.74, 6) is 0.915. The smallest absolute Gasteiger partial charge is 0.119 e. The second kappa shape index (κ2) is 5.31. The molecule has 0 aliphatic rings. The van der Waals surface area contributed by atoms with Crippen molar-refractivity contribution in [3.63, 3.8) is 0 Å². The van der Waals surface area contributed by atoms with Gasteiger partial charge in [-0.3, -0.25) is 4.98 Å². The Kier molecular flexibility index (Phi) is 3.54. The summed E-state index contributed by atoms with van der Waals surface area (Å²) in [6.07, 6.45) is 4.51. The molecule has 1 radical (unpaired) electrons. The normalized spacial score (nSPS) is 10.1. The van der Waals surface area contributed by atoms with Crippen molar-refractivity contribution in [3.05, 3.63) is 48.8 Å². The lowest BCUT2D eigenvalue weighted by molar-refractivity contribution is 0.317. The van der Waals surface area contributed by atoms with Gasteiger partial charge in [0.2, 0.25) is 0 Å². The minimum Gasteiger partial charge on any atom is -0.494 e. The fraction of sp³-hybridized carbons (Fsp3) is 0.214. The first-order chi connectivity index (χ1) is 7.90. The van der Waals surface area contributed by atoms with E-state index in [1.54, 1.807) is 6.20 Å². The Morgan fingerprint density at radius 1 is 1.19 bits per heavy atom. The fourth-order valence-electron chi connectivity index (χ4n) is 1.45. The van der Waals surface area contributed by atoms with Gasteiger partial charge >= 0.3 is 0 Å². The average Bonchev–Trinajstić information content (AvgIpc) is 2.38. The summed E-state index contributed by atoms with van der Waals surface area (Å²) in [7, 11) is 0. The molecular weight excluding hydrogens is 198 g/mol. The van der Waals surface area contributed by atoms with Crippen LogP contribution in [0.25, 0.3) is 11.1 Å². The Morgan fingerprint density at radius 3 is 2.62 bits per heavy atom. The van der Waals surface area contributed by atoms with Crippen molar-refractivity contribution >= 4 is 0 Å². The molecule has 0 atom stereocenters. The zero-order chi connectivity index (χ0) is 11.2. The molecule has 0 unspecified atom stereocenters. The fourth-order valence-corrected chi connectivity index (χ4v) is 1.45. The Morgan fingerprint density at radius 2 is 2.00 bits per heavy atom. The molecule has 0 saturated carbocycles. The molecule has 0 bridgehead atoms. The molecule has 2 heteroatoms. The molecule has 1 aromatic heterocycles. The van der Waals surface area contributed by atoms with Crippen LogP contribution in [0.4, 0.5) is 0 Å². The molecular formula is C14H14NO. The minimum absolute atomic E-state index is 0.764. The Bertz CT molecular complexity index is 422. The lowest BCUT2D eigenvalue weighted by Gasteiger charge is -2.05. The third-order valence-corrected chi connectivity index (χ3v) is 2.26. The molecule has 2 rings (SSSR count). The summed E-state index contributed by atoms with van der Waals surface area (Å²) < 4.78 is 5.52. The number of rotatable bonds is 4. The molecule has 2 nitrogen and oxygen atoms in total. The second-order valence-corrected chi connectivity index (χ2v) is 3.55. The minimum atomic E-state index is 0.764. The summed E-state index contributed by atoms with van der Waals surface area (Å²) >= 11 is 0. The van der Waals surface area contributed by atoms with Crippen LogP contribution in [-0.4, -0.2) is 11.6 Å². The van der Waals surface area contributed by atoms with Crippen LogP contribution in [0.1, 0.15) is 13.3 Å². The summed E-state index contributed by atoms with van der Waals surface area (Å²) in [6.45, 7) is 2.86. The number of aromatic nitrogens is 1. The van der Waals surface area contributed by atoms with E-state index in [9.17, 15) is 0 Å². The summed E-state index contributed by atoms with van der Waals surface area (Å²) in [4.78, 5) is 4.05. The summed E-state index contributed by atoms with van der Waals surface area (Å²) in [6, 6.07) is 12.9. The van der Waals surface area contributed by atoms with Gasteiger partial charge in [-0.05, 0) is 30.2 Å². The van der Waals surface area contributed by atoms with Crippen LogP contribution in [-0.2, 0) is 0 Å². The molecule has 1 aromatic carbocycles. The van der Waals surface area contributed by atoms with E-state index >= 15 is 0 Å². The zero-order valence-corrected chi connectivity index (χ0v) is 9.31. The van der Waals surface area contributed by atoms with Crippen LogP contribution in [0.15, 0.2) is 42.7 Å². The van der Waals surface area contributed by atoms with Crippen molar-refractivity contribution in [2.24, 2.45) is 0 Å². The van der Waals surface area contributed by atoms with Crippen LogP contribution in [0.5, 0.6) is 5.75 Å². The lowest BCUT2D eigenvalue weighted by Crippen LogP contribution is -1.94. The van der Waals surface area contributed by atoms with Gasteiger partial charge in [-0.2, -0.15) is 0 Å². The van der Waals surface area contributed by atoms with E-state index in [-0.39, 0.29) is 0 Å². The first kappa shape index (κ1) is 10.7. The molecule has 2 aromatic rings. The van der Waals surface area contributed by atoms with E-state index in [1.165, 1.54) is 0 Å². The molecule has 0 aliphatic carbocycles. The quantitative estimate of drug-likeness (QED) is 0.775. The SMILES string of the molecule is CCCOc1ccc(-c2c[c]cnc2)cc1. The van der Waals surface area contributed by atoms with Crippen LogP contribution < -0.4 is 4.74 Å². The first-order valence-electron chi connectivity index (χ1n) is 5.44. The number of ether oxygens (including phenoxy) is 1. The number of nitrogens with zero attached hydrogens (tertiary/aromatic N) is 1. The van der Waals surface area contributed by atoms with Crippen molar-refractivity contribution in [2.45, 2.75) is 13.3 Å². The van der Waals surface area contributed by atoms with E-state index in [0.29, 0.717) is 0 Å². The topological polar surface area (TPSA) is 22.1 Å². The monoisotopic (exact) mass is 212 g/mol. The van der Waals surface area contributed by atoms with Crippen molar-refractivity contribution in [1.82, 2.24) is 4.98 Å². The zero-order valence-electron chi connectivity index (χ0n) is 9.31. The number of benzene rings is 1. The third-order valence-electron chi connectivity index (χ3n) is 2.26. The van der Waals surface area contributed by atoms with Crippen LogP contribution in [0.3, 0.4) is 0 Å². The van der Waals surface area contributed by atoms with Gasteiger partial charge in [0.05, 0.1) is 6.61 Å². The molecule has 0 saturated heterocycles. The van der Waals surface area contributed by atoms with Gasteiger partial charge < -0.3 is 4.74 Å². The average molecular weight is 212 g/mol. The maximum absolute atomic E-state index is 5.52. The van der Waals surface area contributed by atoms with Gasteiger partial charge in [-0.1, -0.05) is 19.1 Å². The first-order valence-corrected chi connectivity index (χ1v) is 5.44. The second-order valence-electron chi connectivity index (χ2n) is 3.55. The van der Waals surface area contributed by atoms with Gasteiger partial charge in [0.25, 0.3) is 0 Å². The van der Waals surface area contributed by atoms with Crippen molar-refractivity contribution in [3.8, 4) is 16.9 Å². The molecule has 1 heterocycles. The summed E-state index contributed by atoms with van der Waals surface area (Å²) in [5.41, 5.74) is 2.21. The highest BCUT2D eigenvalue weighted by Gasteiger charge is 1.97. The predicted molar refractivity (Wildman–Crippen MR) is 64.3 cm³/mol. The Hall–Kier alpha value is -1.83. The number of hydrogen-bond acceptors (Lipinski definition) is 2. The standard InChI is InChI=1S/C14H14NO/c1-2-10-16-14-7-5-12(6-8-14)13-4-3-9-15-11-13/h4-9,11H,2,10H2,1H3. The third kappa shape index (κ3) is 2.60. The van der Waals surface area contributed by atoms with Gasteiger partial charge in [0, 0.05) is 24.0 Å². The number of hydrogen-bond donors (Lipinski definition) is 0. The molecule has 0 fully saturated rings. The Labute approximate surface area is 95.9 Å². The molecule has 81 valence electrons. The van der Waals surface area contributed by atoms with E-state index in [4.69, 9.17) is 4.74 Å². The highest BCUT2D eigenvalue weighted by Crippen LogP contribution is 2.21. The van der Waals surface area contributed by atoms with Crippen molar-refractivity contribution in [1.29, 1.82) is 0 Å². The highest BCUT2D eigenvalue weighted by molar-refractivity contribution is 5.62. The van der Waals surface area contributed by atoms with E-state index in [1.807, 2.05) is 36.5 Å². The predicted octanol–water partition coefficient (Wildman–Crippen LogP) is 3.34. The van der Waals surface area contributed by atoms with Gasteiger partial charge in [0.15, 0.2) is 0 Å². The van der Waals surface area contributed by atoms with Crippen LogP contribution in [0, 0.1) is 6.07 Å². The molecule has 0 spiro atoms. The van der Waals surface area contributed by atoms with Gasteiger partial charge in [0.1, 0.15) is 5.75 Å². The maximum Gasteiger partial charge on any atom is 0.119 e. The Balaban J connectivity index is 2.13. The number of pyridine rings is 1. The van der Waals surface area contributed by atoms with Crippen molar-refractivity contribution < 1.29 is 4.74 Å². The van der Waals surface area contributed by atoms with Crippen molar-refractivity contribution in [2.75, 3.05) is 6.61 Å². The van der Waals surface area contributed by atoms with E-state index in [0.717, 1.165) is 29.9 Å².